The Hall–Kier alpha value is -1.99. The van der Waals surface area contributed by atoms with Crippen molar-refractivity contribution >= 4 is 33.7 Å². The van der Waals surface area contributed by atoms with Crippen LogP contribution >= 0.6 is 15.9 Å². The minimum Gasteiger partial charge on any atom is -0.460 e. The topological polar surface area (TPSA) is 72.9 Å². The molecule has 4 rings (SSSR count). The summed E-state index contributed by atoms with van der Waals surface area (Å²) in [6.45, 7) is 2.06. The van der Waals surface area contributed by atoms with Crippen LogP contribution in [0.5, 0.6) is 0 Å². The Kier molecular flexibility index (Phi) is 4.44. The van der Waals surface area contributed by atoms with Crippen LogP contribution in [0.2, 0.25) is 0 Å². The Morgan fingerprint density at radius 3 is 2.27 bits per heavy atom. The average Bonchev–Trinajstić information content (AvgIpc) is 3.31. The normalized spacial score (nSPS) is 30.0. The summed E-state index contributed by atoms with van der Waals surface area (Å²) < 4.78 is 10.8. The molecule has 1 aromatic rings. The third-order valence-corrected chi connectivity index (χ3v) is 5.68. The van der Waals surface area contributed by atoms with Crippen LogP contribution in [0.25, 0.3) is 0 Å². The van der Waals surface area contributed by atoms with Gasteiger partial charge in [0.15, 0.2) is 0 Å². The summed E-state index contributed by atoms with van der Waals surface area (Å²) in [7, 11) is 0. The monoisotopic (exact) mass is 419 g/mol. The number of benzene rings is 1. The lowest BCUT2D eigenvalue weighted by atomic mass is 9.85. The number of rotatable bonds is 5. The fourth-order valence-corrected chi connectivity index (χ4v) is 4.09. The molecule has 0 saturated carbocycles. The summed E-state index contributed by atoms with van der Waals surface area (Å²) in [6, 6.07) is 7.11. The summed E-state index contributed by atoms with van der Waals surface area (Å²) in [5, 5.41) is 0. The van der Waals surface area contributed by atoms with Gasteiger partial charge in [0.2, 0.25) is 11.8 Å². The second-order valence-electron chi connectivity index (χ2n) is 6.70. The number of imide groups is 1. The number of alkyl halides is 1. The van der Waals surface area contributed by atoms with E-state index in [0.29, 0.717) is 5.56 Å². The third kappa shape index (κ3) is 2.79. The highest BCUT2D eigenvalue weighted by atomic mass is 79.9. The summed E-state index contributed by atoms with van der Waals surface area (Å²) in [4.78, 5) is 38.5. The fraction of sp³-hybridized carbons (Fsp3) is 0.421. The Morgan fingerprint density at radius 1 is 1.15 bits per heavy atom. The first-order chi connectivity index (χ1) is 12.5. The molecule has 6 nitrogen and oxygen atoms in total. The summed E-state index contributed by atoms with van der Waals surface area (Å²) in [5.74, 6) is -1.78. The predicted molar refractivity (Wildman–Crippen MR) is 95.6 cm³/mol. The quantitative estimate of drug-likeness (QED) is 0.316. The lowest BCUT2D eigenvalue weighted by Crippen LogP contribution is -2.37. The first kappa shape index (κ1) is 17.4. The van der Waals surface area contributed by atoms with E-state index in [2.05, 4.69) is 15.9 Å². The molecule has 0 N–H and O–H groups in total. The molecule has 0 spiro atoms. The second kappa shape index (κ2) is 6.63. The number of fused-ring (bicyclic) bond motifs is 5. The van der Waals surface area contributed by atoms with Gasteiger partial charge in [0.25, 0.3) is 0 Å². The molecule has 7 heteroatoms. The van der Waals surface area contributed by atoms with E-state index in [4.69, 9.17) is 9.47 Å². The average molecular weight is 420 g/mol. The molecule has 26 heavy (non-hydrogen) atoms. The van der Waals surface area contributed by atoms with Gasteiger partial charge in [-0.05, 0) is 24.6 Å². The summed E-state index contributed by atoms with van der Waals surface area (Å²) in [5.41, 5.74) is 1.50. The Labute approximate surface area is 159 Å². The van der Waals surface area contributed by atoms with E-state index in [-0.39, 0.29) is 42.0 Å². The fourth-order valence-electron chi connectivity index (χ4n) is 3.78. The van der Waals surface area contributed by atoms with Crippen LogP contribution in [0.4, 0.5) is 0 Å². The van der Waals surface area contributed by atoms with Gasteiger partial charge in [-0.1, -0.05) is 40.2 Å². The number of halogens is 1. The van der Waals surface area contributed by atoms with E-state index in [0.717, 1.165) is 5.56 Å². The van der Waals surface area contributed by atoms with Crippen LogP contribution in [0, 0.1) is 11.8 Å². The van der Waals surface area contributed by atoms with Gasteiger partial charge in [-0.25, -0.2) is 4.79 Å². The van der Waals surface area contributed by atoms with Gasteiger partial charge in [-0.3, -0.25) is 14.5 Å². The van der Waals surface area contributed by atoms with Crippen molar-refractivity contribution in [3.63, 3.8) is 0 Å². The number of hydrogen-bond donors (Lipinski definition) is 0. The molecule has 136 valence electrons. The zero-order chi connectivity index (χ0) is 18.4. The first-order valence-corrected chi connectivity index (χ1v) is 9.49. The van der Waals surface area contributed by atoms with Crippen molar-refractivity contribution in [2.75, 3.05) is 13.2 Å². The molecule has 2 saturated heterocycles. The number of carbonyl (C=O) groups excluding carboxylic acids is 3. The van der Waals surface area contributed by atoms with Crippen molar-refractivity contribution in [2.45, 2.75) is 24.0 Å². The number of hydrogen-bond acceptors (Lipinski definition) is 5. The van der Waals surface area contributed by atoms with Crippen LogP contribution in [0.15, 0.2) is 36.4 Å². The van der Waals surface area contributed by atoms with Gasteiger partial charge >= 0.3 is 5.97 Å². The molecule has 2 bridgehead atoms. The summed E-state index contributed by atoms with van der Waals surface area (Å²) >= 11 is 3.47. The number of ether oxygens (including phenoxy) is 2. The van der Waals surface area contributed by atoms with E-state index < -0.39 is 17.8 Å². The second-order valence-corrected chi connectivity index (χ2v) is 8.08. The van der Waals surface area contributed by atoms with Crippen LogP contribution in [0.3, 0.4) is 0 Å². The van der Waals surface area contributed by atoms with Gasteiger partial charge in [0, 0.05) is 4.83 Å². The molecular formula is C19H18BrNO5. The van der Waals surface area contributed by atoms with E-state index >= 15 is 0 Å². The zero-order valence-electron chi connectivity index (χ0n) is 14.1. The lowest BCUT2D eigenvalue weighted by Gasteiger charge is -2.17. The van der Waals surface area contributed by atoms with Crippen LogP contribution in [0.1, 0.15) is 27.7 Å². The largest absolute Gasteiger partial charge is 0.460 e. The van der Waals surface area contributed by atoms with Crippen molar-refractivity contribution in [3.8, 4) is 0 Å². The Balaban J connectivity index is 1.33. The number of esters is 1. The number of amides is 2. The molecule has 0 aliphatic carbocycles. The number of carbonyl (C=O) groups is 3. The molecule has 2 fully saturated rings. The van der Waals surface area contributed by atoms with Gasteiger partial charge < -0.3 is 9.47 Å². The Bertz CT molecular complexity index is 758. The zero-order valence-corrected chi connectivity index (χ0v) is 15.7. The maximum Gasteiger partial charge on any atom is 0.338 e. The maximum atomic E-state index is 12.5. The molecule has 1 aromatic carbocycles. The first-order valence-electron chi connectivity index (χ1n) is 8.57. The predicted octanol–water partition coefficient (Wildman–Crippen LogP) is 2.24. The highest BCUT2D eigenvalue weighted by Crippen LogP contribution is 2.44. The van der Waals surface area contributed by atoms with Crippen molar-refractivity contribution in [1.82, 2.24) is 4.90 Å². The van der Waals surface area contributed by atoms with Gasteiger partial charge in [-0.2, -0.15) is 0 Å². The molecule has 0 aromatic heterocycles. The Morgan fingerprint density at radius 2 is 1.73 bits per heavy atom. The van der Waals surface area contributed by atoms with E-state index in [1.807, 2.05) is 31.2 Å². The van der Waals surface area contributed by atoms with Crippen molar-refractivity contribution in [1.29, 1.82) is 0 Å². The number of likely N-dealkylation sites (tertiary alicyclic amines) is 1. The highest BCUT2D eigenvalue weighted by Gasteiger charge is 2.60. The maximum absolute atomic E-state index is 12.5. The van der Waals surface area contributed by atoms with E-state index in [9.17, 15) is 14.4 Å². The van der Waals surface area contributed by atoms with Gasteiger partial charge in [-0.15, -0.1) is 0 Å². The molecule has 5 atom stereocenters. The SMILES string of the molecule is CC(Br)c1ccc(C(=O)OCCN2C(=O)C3C4C=CC(O4)C3C2=O)cc1. The van der Waals surface area contributed by atoms with Crippen molar-refractivity contribution in [3.05, 3.63) is 47.5 Å². The van der Waals surface area contributed by atoms with Crippen LogP contribution in [-0.2, 0) is 19.1 Å². The minimum atomic E-state index is -0.469. The molecule has 3 heterocycles. The van der Waals surface area contributed by atoms with Gasteiger partial charge in [0.05, 0.1) is 36.2 Å². The standard InChI is InChI=1S/C19H18BrNO5/c1-10(20)11-2-4-12(5-3-11)19(24)25-9-8-21-17(22)15-13-6-7-14(26-13)16(15)18(21)23/h2-7,10,13-16H,8-9H2,1H3. The number of nitrogens with zero attached hydrogens (tertiary/aromatic N) is 1. The molecular weight excluding hydrogens is 402 g/mol. The molecule has 5 unspecified atom stereocenters. The third-order valence-electron chi connectivity index (χ3n) is 5.16. The van der Waals surface area contributed by atoms with Gasteiger partial charge in [0.1, 0.15) is 6.61 Å². The smallest absolute Gasteiger partial charge is 0.338 e. The molecule has 2 amide bonds. The molecule has 3 aliphatic rings. The van der Waals surface area contributed by atoms with Crippen LogP contribution < -0.4 is 0 Å². The van der Waals surface area contributed by atoms with E-state index in [1.165, 1.54) is 4.90 Å². The van der Waals surface area contributed by atoms with Crippen molar-refractivity contribution in [2.24, 2.45) is 11.8 Å². The molecule has 3 aliphatic heterocycles. The summed E-state index contributed by atoms with van der Waals surface area (Å²) in [6.07, 6.45) is 3.09. The highest BCUT2D eigenvalue weighted by molar-refractivity contribution is 9.09. The van der Waals surface area contributed by atoms with E-state index in [1.54, 1.807) is 12.1 Å². The lowest BCUT2D eigenvalue weighted by molar-refractivity contribution is -0.143. The molecule has 0 radical (unpaired) electrons. The van der Waals surface area contributed by atoms with Crippen LogP contribution in [-0.4, -0.2) is 48.0 Å². The minimum absolute atomic E-state index is 0.0179. The van der Waals surface area contributed by atoms with Crippen molar-refractivity contribution < 1.29 is 23.9 Å².